The van der Waals surface area contributed by atoms with Gasteiger partial charge in [-0.15, -0.1) is 0 Å². The highest BCUT2D eigenvalue weighted by molar-refractivity contribution is 7.92. The van der Waals surface area contributed by atoms with Gasteiger partial charge in [-0.3, -0.25) is 14.4 Å². The lowest BCUT2D eigenvalue weighted by atomic mass is 10.2. The minimum Gasteiger partial charge on any atom is -0.493 e. The van der Waals surface area contributed by atoms with E-state index >= 15 is 0 Å². The maximum Gasteiger partial charge on any atom is 0.270 e. The first-order valence-corrected chi connectivity index (χ1v) is 10.8. The number of anilines is 1. The number of hydrogen-bond donors (Lipinski definition) is 0. The summed E-state index contributed by atoms with van der Waals surface area (Å²) in [6.45, 7) is -0.0486. The number of benzene rings is 3. The standard InChI is InChI=1S/C21H19ClN2O6S/c1-29-20-11-6-15(12-21(20)30-2)14-23(17-9-7-16(22)8-10-17)31(27,28)19-5-3-4-18(13-19)24(25)26/h3-13H,14H2,1-2H3. The van der Waals surface area contributed by atoms with Crippen molar-refractivity contribution >= 4 is 33.0 Å². The molecule has 31 heavy (non-hydrogen) atoms. The average molecular weight is 463 g/mol. The van der Waals surface area contributed by atoms with Crippen molar-refractivity contribution in [3.63, 3.8) is 0 Å². The maximum atomic E-state index is 13.5. The lowest BCUT2D eigenvalue weighted by molar-refractivity contribution is -0.385. The molecule has 0 atom stereocenters. The van der Waals surface area contributed by atoms with Gasteiger partial charge in [0.05, 0.1) is 36.3 Å². The molecule has 0 aliphatic rings. The summed E-state index contributed by atoms with van der Waals surface area (Å²) in [5, 5.41) is 11.6. The third-order valence-corrected chi connectivity index (χ3v) is 6.53. The minimum atomic E-state index is -4.14. The lowest BCUT2D eigenvalue weighted by Gasteiger charge is -2.25. The Kier molecular flexibility index (Phi) is 6.67. The van der Waals surface area contributed by atoms with Crippen LogP contribution in [0.15, 0.2) is 71.6 Å². The van der Waals surface area contributed by atoms with Crippen LogP contribution in [0.4, 0.5) is 11.4 Å². The summed E-state index contributed by atoms with van der Waals surface area (Å²) in [6, 6.07) is 16.3. The molecule has 0 amide bonds. The highest BCUT2D eigenvalue weighted by Gasteiger charge is 2.27. The van der Waals surface area contributed by atoms with Crippen LogP contribution in [0.3, 0.4) is 0 Å². The Morgan fingerprint density at radius 2 is 1.65 bits per heavy atom. The van der Waals surface area contributed by atoms with Crippen molar-refractivity contribution in [2.24, 2.45) is 0 Å². The van der Waals surface area contributed by atoms with Gasteiger partial charge in [0, 0.05) is 17.2 Å². The van der Waals surface area contributed by atoms with Crippen LogP contribution >= 0.6 is 11.6 Å². The normalized spacial score (nSPS) is 11.1. The van der Waals surface area contributed by atoms with Crippen molar-refractivity contribution in [3.05, 3.63) is 87.4 Å². The summed E-state index contributed by atoms with van der Waals surface area (Å²) in [7, 11) is -1.15. The Balaban J connectivity index is 2.10. The zero-order chi connectivity index (χ0) is 22.6. The molecule has 10 heteroatoms. The van der Waals surface area contributed by atoms with Gasteiger partial charge in [0.25, 0.3) is 15.7 Å². The van der Waals surface area contributed by atoms with Crippen LogP contribution in [0.2, 0.25) is 5.02 Å². The Morgan fingerprint density at radius 3 is 2.26 bits per heavy atom. The van der Waals surface area contributed by atoms with E-state index in [4.69, 9.17) is 21.1 Å². The Morgan fingerprint density at radius 1 is 0.968 bits per heavy atom. The van der Waals surface area contributed by atoms with E-state index in [1.54, 1.807) is 42.5 Å². The molecule has 0 spiro atoms. The maximum absolute atomic E-state index is 13.5. The van der Waals surface area contributed by atoms with Crippen molar-refractivity contribution in [3.8, 4) is 11.5 Å². The molecular formula is C21H19ClN2O6S. The zero-order valence-electron chi connectivity index (χ0n) is 16.7. The number of nitrogens with zero attached hydrogens (tertiary/aromatic N) is 2. The van der Waals surface area contributed by atoms with E-state index < -0.39 is 14.9 Å². The van der Waals surface area contributed by atoms with Gasteiger partial charge in [-0.05, 0) is 48.0 Å². The molecule has 0 fully saturated rings. The number of hydrogen-bond acceptors (Lipinski definition) is 6. The number of nitro groups is 1. The third-order valence-electron chi connectivity index (χ3n) is 4.51. The van der Waals surface area contributed by atoms with Crippen LogP contribution in [0, 0.1) is 10.1 Å². The highest BCUT2D eigenvalue weighted by Crippen LogP contribution is 2.32. The van der Waals surface area contributed by atoms with Gasteiger partial charge in [0.1, 0.15) is 0 Å². The Bertz CT molecular complexity index is 1200. The molecule has 0 bridgehead atoms. The molecule has 0 saturated carbocycles. The Labute approximate surface area is 184 Å². The van der Waals surface area contributed by atoms with Gasteiger partial charge in [-0.25, -0.2) is 8.42 Å². The van der Waals surface area contributed by atoms with Crippen LogP contribution in [0.5, 0.6) is 11.5 Å². The molecule has 8 nitrogen and oxygen atoms in total. The lowest BCUT2D eigenvalue weighted by Crippen LogP contribution is -2.30. The molecule has 3 rings (SSSR count). The number of sulfonamides is 1. The van der Waals surface area contributed by atoms with Crippen LogP contribution in [0.1, 0.15) is 5.56 Å². The van der Waals surface area contributed by atoms with E-state index in [9.17, 15) is 18.5 Å². The number of non-ortho nitro benzene ring substituents is 1. The fourth-order valence-corrected chi connectivity index (χ4v) is 4.57. The van der Waals surface area contributed by atoms with E-state index in [0.717, 1.165) is 10.4 Å². The molecule has 0 saturated heterocycles. The van der Waals surface area contributed by atoms with Crippen molar-refractivity contribution in [1.29, 1.82) is 0 Å². The van der Waals surface area contributed by atoms with E-state index in [0.29, 0.717) is 27.8 Å². The molecule has 0 radical (unpaired) electrons. The predicted octanol–water partition coefficient (Wildman–Crippen LogP) is 4.66. The van der Waals surface area contributed by atoms with Crippen LogP contribution < -0.4 is 13.8 Å². The van der Waals surface area contributed by atoms with Gasteiger partial charge in [-0.1, -0.05) is 23.7 Å². The molecule has 0 N–H and O–H groups in total. The molecular weight excluding hydrogens is 444 g/mol. The molecule has 0 aliphatic carbocycles. The second-order valence-electron chi connectivity index (χ2n) is 6.43. The number of rotatable bonds is 8. The first-order valence-electron chi connectivity index (χ1n) is 9.00. The van der Waals surface area contributed by atoms with Crippen molar-refractivity contribution in [2.45, 2.75) is 11.4 Å². The van der Waals surface area contributed by atoms with Crippen LogP contribution in [-0.2, 0) is 16.6 Å². The van der Waals surface area contributed by atoms with Crippen molar-refractivity contribution in [1.82, 2.24) is 0 Å². The fraction of sp³-hybridized carbons (Fsp3) is 0.143. The third kappa shape index (κ3) is 4.89. The average Bonchev–Trinajstić information content (AvgIpc) is 2.78. The highest BCUT2D eigenvalue weighted by atomic mass is 35.5. The number of ether oxygens (including phenoxy) is 2. The van der Waals surface area contributed by atoms with E-state index in [2.05, 4.69) is 0 Å². The van der Waals surface area contributed by atoms with Gasteiger partial charge in [0.15, 0.2) is 11.5 Å². The second-order valence-corrected chi connectivity index (χ2v) is 8.73. The summed E-state index contributed by atoms with van der Waals surface area (Å²) in [4.78, 5) is 10.3. The summed E-state index contributed by atoms with van der Waals surface area (Å²) < 4.78 is 38.7. The number of methoxy groups -OCH3 is 2. The number of nitro benzene ring substituents is 1. The Hall–Kier alpha value is -3.30. The van der Waals surface area contributed by atoms with Crippen molar-refractivity contribution < 1.29 is 22.8 Å². The topological polar surface area (TPSA) is 99.0 Å². The minimum absolute atomic E-state index is 0.0486. The molecule has 162 valence electrons. The van der Waals surface area contributed by atoms with E-state index in [1.165, 1.54) is 32.4 Å². The fourth-order valence-electron chi connectivity index (χ4n) is 2.95. The van der Waals surface area contributed by atoms with Gasteiger partial charge in [0.2, 0.25) is 0 Å². The predicted molar refractivity (Wildman–Crippen MR) is 117 cm³/mol. The van der Waals surface area contributed by atoms with Crippen molar-refractivity contribution in [2.75, 3.05) is 18.5 Å². The summed E-state index contributed by atoms with van der Waals surface area (Å²) in [5.74, 6) is 0.953. The van der Waals surface area contributed by atoms with Gasteiger partial charge in [-0.2, -0.15) is 0 Å². The number of halogens is 1. The SMILES string of the molecule is COc1ccc(CN(c2ccc(Cl)cc2)S(=O)(=O)c2cccc([N+](=O)[O-])c2)cc1OC. The quantitative estimate of drug-likeness (QED) is 0.356. The van der Waals surface area contributed by atoms with Crippen LogP contribution in [-0.4, -0.2) is 27.6 Å². The molecule has 0 heterocycles. The molecule has 3 aromatic rings. The monoisotopic (exact) mass is 462 g/mol. The summed E-state index contributed by atoms with van der Waals surface area (Å²) in [5.41, 5.74) is 0.663. The smallest absolute Gasteiger partial charge is 0.270 e. The van der Waals surface area contributed by atoms with Gasteiger partial charge >= 0.3 is 0 Å². The molecule has 0 aromatic heterocycles. The molecule has 0 aliphatic heterocycles. The van der Waals surface area contributed by atoms with Gasteiger partial charge < -0.3 is 9.47 Å². The van der Waals surface area contributed by atoms with E-state index in [1.807, 2.05) is 0 Å². The summed E-state index contributed by atoms with van der Waals surface area (Å²) >= 11 is 5.96. The second kappa shape index (κ2) is 9.23. The molecule has 0 unspecified atom stereocenters. The molecule has 3 aromatic carbocycles. The largest absolute Gasteiger partial charge is 0.493 e. The first-order chi connectivity index (χ1) is 14.8. The summed E-state index contributed by atoms with van der Waals surface area (Å²) in [6.07, 6.45) is 0. The first kappa shape index (κ1) is 22.4. The zero-order valence-corrected chi connectivity index (χ0v) is 18.3. The van der Waals surface area contributed by atoms with E-state index in [-0.39, 0.29) is 17.1 Å². The van der Waals surface area contributed by atoms with Crippen LogP contribution in [0.25, 0.3) is 0 Å².